The molecule has 0 amide bonds. The van der Waals surface area contributed by atoms with Crippen LogP contribution in [0.4, 0.5) is 0 Å². The van der Waals surface area contributed by atoms with Gasteiger partial charge in [-0.3, -0.25) is 4.79 Å². The highest BCUT2D eigenvalue weighted by atomic mass is 16.1. The SMILES string of the molecule is C=CCCc1[nH]c2ccccc2c1C=O. The minimum Gasteiger partial charge on any atom is -0.358 e. The Morgan fingerprint density at radius 1 is 1.33 bits per heavy atom. The number of hydrogen-bond acceptors (Lipinski definition) is 1. The Labute approximate surface area is 88.6 Å². The number of benzene rings is 1. The highest BCUT2D eigenvalue weighted by molar-refractivity contribution is 5.98. The summed E-state index contributed by atoms with van der Waals surface area (Å²) in [5.41, 5.74) is 2.82. The van der Waals surface area contributed by atoms with Crippen LogP contribution in [-0.2, 0) is 6.42 Å². The Morgan fingerprint density at radius 2 is 2.13 bits per heavy atom. The van der Waals surface area contributed by atoms with Crippen LogP contribution in [-0.4, -0.2) is 11.3 Å². The first kappa shape index (κ1) is 9.71. The van der Waals surface area contributed by atoms with Gasteiger partial charge in [-0.05, 0) is 18.9 Å². The van der Waals surface area contributed by atoms with Gasteiger partial charge in [0, 0.05) is 22.2 Å². The van der Waals surface area contributed by atoms with Gasteiger partial charge in [-0.25, -0.2) is 0 Å². The Bertz CT molecular complexity index is 496. The predicted molar refractivity (Wildman–Crippen MR) is 62.2 cm³/mol. The van der Waals surface area contributed by atoms with Crippen LogP contribution in [0.5, 0.6) is 0 Å². The molecule has 0 atom stereocenters. The number of allylic oxidation sites excluding steroid dienone is 1. The van der Waals surface area contributed by atoms with E-state index in [4.69, 9.17) is 0 Å². The summed E-state index contributed by atoms with van der Waals surface area (Å²) in [7, 11) is 0. The van der Waals surface area contributed by atoms with E-state index in [1.165, 1.54) is 0 Å². The number of aryl methyl sites for hydroxylation is 1. The fourth-order valence-corrected chi connectivity index (χ4v) is 1.80. The van der Waals surface area contributed by atoms with Gasteiger partial charge in [0.05, 0.1) is 0 Å². The Morgan fingerprint density at radius 3 is 2.87 bits per heavy atom. The van der Waals surface area contributed by atoms with Gasteiger partial charge in [0.25, 0.3) is 0 Å². The zero-order valence-corrected chi connectivity index (χ0v) is 8.49. The van der Waals surface area contributed by atoms with Crippen LogP contribution in [0.1, 0.15) is 22.5 Å². The van der Waals surface area contributed by atoms with Crippen molar-refractivity contribution in [2.45, 2.75) is 12.8 Å². The first-order chi connectivity index (χ1) is 7.36. The van der Waals surface area contributed by atoms with Gasteiger partial charge in [0.1, 0.15) is 0 Å². The number of H-pyrrole nitrogens is 1. The number of rotatable bonds is 4. The van der Waals surface area contributed by atoms with Crippen LogP contribution >= 0.6 is 0 Å². The molecule has 76 valence electrons. The van der Waals surface area contributed by atoms with Crippen molar-refractivity contribution >= 4 is 17.2 Å². The lowest BCUT2D eigenvalue weighted by molar-refractivity contribution is 0.112. The maximum absolute atomic E-state index is 11.0. The third-order valence-corrected chi connectivity index (χ3v) is 2.54. The Kier molecular flexibility index (Phi) is 2.68. The first-order valence-electron chi connectivity index (χ1n) is 5.02. The van der Waals surface area contributed by atoms with Crippen molar-refractivity contribution in [2.75, 3.05) is 0 Å². The van der Waals surface area contributed by atoms with Crippen molar-refractivity contribution in [3.8, 4) is 0 Å². The molecule has 1 aromatic heterocycles. The number of carbonyl (C=O) groups excluding carboxylic acids is 1. The van der Waals surface area contributed by atoms with Gasteiger partial charge >= 0.3 is 0 Å². The van der Waals surface area contributed by atoms with E-state index in [0.717, 1.165) is 41.3 Å². The molecule has 0 bridgehead atoms. The van der Waals surface area contributed by atoms with Crippen molar-refractivity contribution in [1.29, 1.82) is 0 Å². The maximum atomic E-state index is 11.0. The smallest absolute Gasteiger partial charge is 0.152 e. The van der Waals surface area contributed by atoms with Crippen LogP contribution in [0, 0.1) is 0 Å². The molecule has 2 aromatic rings. The monoisotopic (exact) mass is 199 g/mol. The van der Waals surface area contributed by atoms with E-state index in [2.05, 4.69) is 11.6 Å². The van der Waals surface area contributed by atoms with Crippen molar-refractivity contribution in [3.05, 3.63) is 48.2 Å². The molecule has 1 N–H and O–H groups in total. The standard InChI is InChI=1S/C13H13NO/c1-2-3-7-13-11(9-15)10-6-4-5-8-12(10)14-13/h2,4-6,8-9,14H,1,3,7H2. The predicted octanol–water partition coefficient (Wildman–Crippen LogP) is 3.10. The summed E-state index contributed by atoms with van der Waals surface area (Å²) in [6.07, 6.45) is 4.51. The molecule has 1 aromatic carbocycles. The number of aromatic amines is 1. The van der Waals surface area contributed by atoms with Crippen molar-refractivity contribution in [1.82, 2.24) is 4.98 Å². The van der Waals surface area contributed by atoms with Crippen LogP contribution < -0.4 is 0 Å². The topological polar surface area (TPSA) is 32.9 Å². The molecule has 0 fully saturated rings. The summed E-state index contributed by atoms with van der Waals surface area (Å²) in [4.78, 5) is 14.3. The molecule has 1 heterocycles. The van der Waals surface area contributed by atoms with Gasteiger partial charge in [-0.1, -0.05) is 24.3 Å². The molecule has 0 saturated carbocycles. The number of aromatic nitrogens is 1. The van der Waals surface area contributed by atoms with E-state index in [-0.39, 0.29) is 0 Å². The van der Waals surface area contributed by atoms with E-state index >= 15 is 0 Å². The van der Waals surface area contributed by atoms with Gasteiger partial charge in [0.2, 0.25) is 0 Å². The molecular weight excluding hydrogens is 186 g/mol. The average molecular weight is 199 g/mol. The Balaban J connectivity index is 2.53. The summed E-state index contributed by atoms with van der Waals surface area (Å²) in [6, 6.07) is 7.86. The summed E-state index contributed by atoms with van der Waals surface area (Å²) < 4.78 is 0. The molecule has 2 heteroatoms. The van der Waals surface area contributed by atoms with Crippen LogP contribution in [0.25, 0.3) is 10.9 Å². The minimum atomic E-state index is 0.785. The Hall–Kier alpha value is -1.83. The lowest BCUT2D eigenvalue weighted by atomic mass is 10.1. The van der Waals surface area contributed by atoms with E-state index in [9.17, 15) is 4.79 Å². The van der Waals surface area contributed by atoms with Crippen molar-refractivity contribution in [3.63, 3.8) is 0 Å². The van der Waals surface area contributed by atoms with Crippen molar-refractivity contribution in [2.24, 2.45) is 0 Å². The average Bonchev–Trinajstić information content (AvgIpc) is 2.63. The van der Waals surface area contributed by atoms with E-state index < -0.39 is 0 Å². The van der Waals surface area contributed by atoms with Gasteiger partial charge in [0.15, 0.2) is 6.29 Å². The molecule has 15 heavy (non-hydrogen) atoms. The summed E-state index contributed by atoms with van der Waals surface area (Å²) >= 11 is 0. The molecule has 0 saturated heterocycles. The van der Waals surface area contributed by atoms with Crippen molar-refractivity contribution < 1.29 is 4.79 Å². The van der Waals surface area contributed by atoms with E-state index in [0.29, 0.717) is 0 Å². The largest absolute Gasteiger partial charge is 0.358 e. The zero-order valence-electron chi connectivity index (χ0n) is 8.49. The number of fused-ring (bicyclic) bond motifs is 1. The molecule has 2 nitrogen and oxygen atoms in total. The number of para-hydroxylation sites is 1. The highest BCUT2D eigenvalue weighted by Crippen LogP contribution is 2.21. The van der Waals surface area contributed by atoms with E-state index in [1.54, 1.807) is 0 Å². The molecule has 0 aliphatic rings. The second-order valence-corrected chi connectivity index (χ2v) is 3.51. The lowest BCUT2D eigenvalue weighted by Gasteiger charge is -1.94. The molecule has 0 aliphatic heterocycles. The zero-order chi connectivity index (χ0) is 10.7. The summed E-state index contributed by atoms with van der Waals surface area (Å²) in [6.45, 7) is 3.68. The molecule has 2 rings (SSSR count). The van der Waals surface area contributed by atoms with Crippen LogP contribution in [0.2, 0.25) is 0 Å². The summed E-state index contributed by atoms with van der Waals surface area (Å²) in [5.74, 6) is 0. The number of hydrogen-bond donors (Lipinski definition) is 1. The fraction of sp³-hybridized carbons (Fsp3) is 0.154. The van der Waals surface area contributed by atoms with Crippen LogP contribution in [0.3, 0.4) is 0 Å². The number of nitrogens with one attached hydrogen (secondary N) is 1. The molecule has 0 radical (unpaired) electrons. The molecular formula is C13H13NO. The third kappa shape index (κ3) is 1.71. The van der Waals surface area contributed by atoms with Gasteiger partial charge < -0.3 is 4.98 Å². The maximum Gasteiger partial charge on any atom is 0.152 e. The van der Waals surface area contributed by atoms with Gasteiger partial charge in [-0.15, -0.1) is 6.58 Å². The second-order valence-electron chi connectivity index (χ2n) is 3.51. The lowest BCUT2D eigenvalue weighted by Crippen LogP contribution is -1.89. The summed E-state index contributed by atoms with van der Waals surface area (Å²) in [5, 5.41) is 1.01. The quantitative estimate of drug-likeness (QED) is 0.595. The second kappa shape index (κ2) is 4.13. The number of aldehydes is 1. The molecule has 0 unspecified atom stereocenters. The molecule has 0 spiro atoms. The first-order valence-corrected chi connectivity index (χ1v) is 5.02. The third-order valence-electron chi connectivity index (χ3n) is 2.54. The van der Waals surface area contributed by atoms with Crippen LogP contribution in [0.15, 0.2) is 36.9 Å². The fourth-order valence-electron chi connectivity index (χ4n) is 1.80. The minimum absolute atomic E-state index is 0.785. The van der Waals surface area contributed by atoms with Gasteiger partial charge in [-0.2, -0.15) is 0 Å². The normalized spacial score (nSPS) is 10.4. The number of carbonyl (C=O) groups is 1. The highest BCUT2D eigenvalue weighted by Gasteiger charge is 2.08. The molecule has 0 aliphatic carbocycles. The van der Waals surface area contributed by atoms with E-state index in [1.807, 2.05) is 30.3 Å².